The smallest absolute Gasteiger partial charge is 0.157 e. The van der Waals surface area contributed by atoms with Gasteiger partial charge in [-0.2, -0.15) is 0 Å². The number of hydrogen-bond donors (Lipinski definition) is 0. The van der Waals surface area contributed by atoms with Gasteiger partial charge in [0.05, 0.1) is 0 Å². The molecular formula is C19H20O4. The van der Waals surface area contributed by atoms with Crippen molar-refractivity contribution in [1.82, 2.24) is 0 Å². The zero-order chi connectivity index (χ0) is 16.7. The number of ether oxygens (including phenoxy) is 2. The molecule has 0 unspecified atom stereocenters. The van der Waals surface area contributed by atoms with Crippen LogP contribution in [-0.4, -0.2) is 25.8 Å². The lowest BCUT2D eigenvalue weighted by atomic mass is 9.77. The van der Waals surface area contributed by atoms with E-state index in [0.717, 1.165) is 23.7 Å². The Morgan fingerprint density at radius 2 is 1.17 bits per heavy atom. The number of carbonyl (C=O) groups excluding carboxylic acids is 2. The highest BCUT2D eigenvalue weighted by atomic mass is 16.5. The van der Waals surface area contributed by atoms with Crippen LogP contribution in [0.3, 0.4) is 0 Å². The van der Waals surface area contributed by atoms with Crippen molar-refractivity contribution >= 4 is 12.6 Å². The van der Waals surface area contributed by atoms with Gasteiger partial charge in [0, 0.05) is 16.5 Å². The zero-order valence-electron chi connectivity index (χ0n) is 13.3. The van der Waals surface area contributed by atoms with Crippen LogP contribution in [-0.2, 0) is 15.0 Å². The van der Waals surface area contributed by atoms with Gasteiger partial charge < -0.3 is 9.47 Å². The van der Waals surface area contributed by atoms with E-state index in [1.54, 1.807) is 0 Å². The summed E-state index contributed by atoms with van der Waals surface area (Å²) < 4.78 is 11.1. The van der Waals surface area contributed by atoms with Gasteiger partial charge in [0.25, 0.3) is 0 Å². The Hall–Kier alpha value is -2.62. The molecule has 120 valence electrons. The van der Waals surface area contributed by atoms with E-state index in [1.165, 1.54) is 0 Å². The SMILES string of the molecule is CC(C)(c1ccccc1OCC=O)c1ccccc1OCC=O. The second-order valence-electron chi connectivity index (χ2n) is 5.57. The van der Waals surface area contributed by atoms with Gasteiger partial charge in [-0.15, -0.1) is 0 Å². The predicted octanol–water partition coefficient (Wildman–Crippen LogP) is 3.17. The van der Waals surface area contributed by atoms with Gasteiger partial charge in [-0.1, -0.05) is 50.2 Å². The topological polar surface area (TPSA) is 52.6 Å². The van der Waals surface area contributed by atoms with Crippen LogP contribution in [0.2, 0.25) is 0 Å². The first kappa shape index (κ1) is 16.7. The maximum absolute atomic E-state index is 10.6. The molecule has 0 spiro atoms. The fourth-order valence-electron chi connectivity index (χ4n) is 2.61. The van der Waals surface area contributed by atoms with E-state index in [-0.39, 0.29) is 13.2 Å². The Morgan fingerprint density at radius 1 is 0.783 bits per heavy atom. The average molecular weight is 312 g/mol. The predicted molar refractivity (Wildman–Crippen MR) is 88.1 cm³/mol. The number of para-hydroxylation sites is 2. The van der Waals surface area contributed by atoms with Crippen LogP contribution in [0.5, 0.6) is 11.5 Å². The van der Waals surface area contributed by atoms with Crippen LogP contribution in [0.25, 0.3) is 0 Å². The Morgan fingerprint density at radius 3 is 1.57 bits per heavy atom. The number of aldehydes is 2. The van der Waals surface area contributed by atoms with Crippen LogP contribution < -0.4 is 9.47 Å². The molecule has 0 atom stereocenters. The van der Waals surface area contributed by atoms with E-state index in [2.05, 4.69) is 13.8 Å². The minimum atomic E-state index is -0.418. The van der Waals surface area contributed by atoms with Crippen molar-refractivity contribution in [2.75, 3.05) is 13.2 Å². The van der Waals surface area contributed by atoms with E-state index in [4.69, 9.17) is 9.47 Å². The fourth-order valence-corrected chi connectivity index (χ4v) is 2.61. The third-order valence-corrected chi connectivity index (χ3v) is 3.73. The molecule has 0 heterocycles. The van der Waals surface area contributed by atoms with Crippen molar-refractivity contribution in [2.45, 2.75) is 19.3 Å². The molecule has 0 N–H and O–H groups in total. The molecule has 0 radical (unpaired) electrons. The molecule has 0 aliphatic carbocycles. The molecule has 23 heavy (non-hydrogen) atoms. The molecule has 2 aromatic carbocycles. The van der Waals surface area contributed by atoms with Gasteiger partial charge in [0.2, 0.25) is 0 Å². The van der Waals surface area contributed by atoms with Crippen LogP contribution >= 0.6 is 0 Å². The van der Waals surface area contributed by atoms with Crippen molar-refractivity contribution in [1.29, 1.82) is 0 Å². The zero-order valence-corrected chi connectivity index (χ0v) is 13.3. The third kappa shape index (κ3) is 3.77. The molecule has 0 aliphatic rings. The average Bonchev–Trinajstić information content (AvgIpc) is 2.58. The Bertz CT molecular complexity index is 619. The Labute approximate surface area is 136 Å². The fraction of sp³-hybridized carbons (Fsp3) is 0.263. The highest BCUT2D eigenvalue weighted by Crippen LogP contribution is 2.41. The number of carbonyl (C=O) groups is 2. The van der Waals surface area contributed by atoms with Gasteiger partial charge >= 0.3 is 0 Å². The van der Waals surface area contributed by atoms with E-state index >= 15 is 0 Å². The summed E-state index contributed by atoms with van der Waals surface area (Å²) in [6, 6.07) is 15.2. The second-order valence-corrected chi connectivity index (χ2v) is 5.57. The highest BCUT2D eigenvalue weighted by molar-refractivity contribution is 5.55. The van der Waals surface area contributed by atoms with Crippen molar-refractivity contribution < 1.29 is 19.1 Å². The monoisotopic (exact) mass is 312 g/mol. The second kappa shape index (κ2) is 7.58. The molecule has 0 bridgehead atoms. The van der Waals surface area contributed by atoms with Gasteiger partial charge in [0.1, 0.15) is 24.7 Å². The molecule has 0 aliphatic heterocycles. The lowest BCUT2D eigenvalue weighted by Crippen LogP contribution is -2.22. The summed E-state index contributed by atoms with van der Waals surface area (Å²) in [5.74, 6) is 1.32. The first-order chi connectivity index (χ1) is 11.1. The molecule has 4 nitrogen and oxygen atoms in total. The summed E-state index contributed by atoms with van der Waals surface area (Å²) in [6.07, 6.45) is 1.45. The van der Waals surface area contributed by atoms with Crippen LogP contribution in [0.1, 0.15) is 25.0 Å². The summed E-state index contributed by atoms with van der Waals surface area (Å²) in [4.78, 5) is 21.2. The van der Waals surface area contributed by atoms with Crippen LogP contribution in [0.4, 0.5) is 0 Å². The molecule has 2 rings (SSSR count). The molecule has 0 fully saturated rings. The van der Waals surface area contributed by atoms with Crippen LogP contribution in [0.15, 0.2) is 48.5 Å². The molecule has 2 aromatic rings. The lowest BCUT2D eigenvalue weighted by Gasteiger charge is -2.29. The molecule has 0 saturated carbocycles. The van der Waals surface area contributed by atoms with Crippen molar-refractivity contribution in [3.05, 3.63) is 59.7 Å². The van der Waals surface area contributed by atoms with Gasteiger partial charge in [-0.05, 0) is 12.1 Å². The maximum atomic E-state index is 10.6. The quantitative estimate of drug-likeness (QED) is 0.703. The molecule has 0 amide bonds. The summed E-state index contributed by atoms with van der Waals surface area (Å²) in [7, 11) is 0. The van der Waals surface area contributed by atoms with Gasteiger partial charge in [-0.3, -0.25) is 9.59 Å². The number of rotatable bonds is 8. The van der Waals surface area contributed by atoms with Gasteiger partial charge in [-0.25, -0.2) is 0 Å². The van der Waals surface area contributed by atoms with Crippen molar-refractivity contribution in [3.8, 4) is 11.5 Å². The van der Waals surface area contributed by atoms with E-state index in [1.807, 2.05) is 48.5 Å². The molecular weight excluding hydrogens is 292 g/mol. The number of benzene rings is 2. The van der Waals surface area contributed by atoms with Crippen molar-refractivity contribution in [2.24, 2.45) is 0 Å². The molecule has 0 aromatic heterocycles. The summed E-state index contributed by atoms with van der Waals surface area (Å²) in [5, 5.41) is 0. The Balaban J connectivity index is 2.46. The summed E-state index contributed by atoms with van der Waals surface area (Å²) in [6.45, 7) is 4.13. The van der Waals surface area contributed by atoms with E-state index in [0.29, 0.717) is 11.5 Å². The minimum absolute atomic E-state index is 0.0103. The highest BCUT2D eigenvalue weighted by Gasteiger charge is 2.29. The summed E-state index contributed by atoms with van der Waals surface area (Å²) in [5.41, 5.74) is 1.48. The normalized spacial score (nSPS) is 10.9. The Kier molecular flexibility index (Phi) is 5.52. The lowest BCUT2D eigenvalue weighted by molar-refractivity contribution is -0.110. The maximum Gasteiger partial charge on any atom is 0.157 e. The number of hydrogen-bond acceptors (Lipinski definition) is 4. The largest absolute Gasteiger partial charge is 0.486 e. The van der Waals surface area contributed by atoms with E-state index in [9.17, 15) is 9.59 Å². The first-order valence-electron chi connectivity index (χ1n) is 7.43. The third-order valence-electron chi connectivity index (χ3n) is 3.73. The van der Waals surface area contributed by atoms with Crippen LogP contribution in [0, 0.1) is 0 Å². The minimum Gasteiger partial charge on any atom is -0.486 e. The van der Waals surface area contributed by atoms with Crippen molar-refractivity contribution in [3.63, 3.8) is 0 Å². The molecule has 4 heteroatoms. The first-order valence-corrected chi connectivity index (χ1v) is 7.43. The van der Waals surface area contributed by atoms with Gasteiger partial charge in [0.15, 0.2) is 12.6 Å². The molecule has 0 saturated heterocycles. The summed E-state index contributed by atoms with van der Waals surface area (Å²) >= 11 is 0. The standard InChI is InChI=1S/C19H20O4/c1-19(2,15-7-3-5-9-17(15)22-13-11-20)16-8-4-6-10-18(16)23-14-12-21/h3-12H,13-14H2,1-2H3. The van der Waals surface area contributed by atoms with E-state index < -0.39 is 5.41 Å².